The maximum atomic E-state index is 5.82. The van der Waals surface area contributed by atoms with Crippen molar-refractivity contribution in [3.8, 4) is 0 Å². The number of rotatable bonds is 6. The smallest absolute Gasteiger partial charge is 0.0730 e. The molecule has 0 N–H and O–H groups in total. The fraction of sp³-hybridized carbons (Fsp3) is 0.875. The molecule has 1 radical (unpaired) electrons. The summed E-state index contributed by atoms with van der Waals surface area (Å²) in [6.45, 7) is 6.83. The van der Waals surface area contributed by atoms with Crippen LogP contribution in [-0.2, 0) is 4.74 Å². The van der Waals surface area contributed by atoms with Crippen molar-refractivity contribution in [1.29, 1.82) is 0 Å². The second-order valence-electron chi connectivity index (χ2n) is 2.48. The average molecular weight is 198 g/mol. The van der Waals surface area contributed by atoms with Gasteiger partial charge in [-0.1, -0.05) is 13.3 Å². The second-order valence-corrected chi connectivity index (χ2v) is 3.72. The van der Waals surface area contributed by atoms with Crippen LogP contribution in [0.25, 0.3) is 0 Å². The number of unbranched alkanes of at least 4 members (excludes halogenated alkanes) is 1. The number of hydrogen-bond acceptors (Lipinski definition) is 1. The van der Waals surface area contributed by atoms with Gasteiger partial charge in [-0.3, -0.25) is 0 Å². The zero-order valence-corrected chi connectivity index (χ0v) is 8.37. The van der Waals surface area contributed by atoms with Gasteiger partial charge in [-0.05, 0) is 13.3 Å². The molecule has 0 aliphatic carbocycles. The molecule has 0 aromatic heterocycles. The zero-order chi connectivity index (χ0) is 8.69. The highest BCUT2D eigenvalue weighted by Gasteiger charge is 2.10. The fourth-order valence-corrected chi connectivity index (χ4v) is 0.694. The summed E-state index contributed by atoms with van der Waals surface area (Å²) in [5.41, 5.74) is 0. The van der Waals surface area contributed by atoms with Crippen molar-refractivity contribution in [3.05, 3.63) is 6.92 Å². The summed E-state index contributed by atoms with van der Waals surface area (Å²) in [6.07, 6.45) is 1.89. The van der Waals surface area contributed by atoms with Crippen LogP contribution < -0.4 is 0 Å². The monoisotopic (exact) mass is 197 g/mol. The molecule has 0 fully saturated rings. The summed E-state index contributed by atoms with van der Waals surface area (Å²) in [6, 6.07) is 0. The van der Waals surface area contributed by atoms with E-state index in [1.54, 1.807) is 0 Å². The van der Waals surface area contributed by atoms with Gasteiger partial charge in [-0.25, -0.2) is 0 Å². The Labute approximate surface area is 79.0 Å². The Bertz CT molecular complexity index is 86.2. The molecule has 67 valence electrons. The minimum absolute atomic E-state index is 0.0311. The summed E-state index contributed by atoms with van der Waals surface area (Å²) < 4.78 is 5.24. The molecule has 0 saturated carbocycles. The minimum atomic E-state index is -0.0820. The molecule has 0 aliphatic heterocycles. The predicted octanol–water partition coefficient (Wildman–Crippen LogP) is 2.85. The SMILES string of the molecule is [CH2]CCCOCC(Cl)C(C)Cl. The molecule has 2 atom stereocenters. The van der Waals surface area contributed by atoms with Crippen LogP contribution in [0.15, 0.2) is 0 Å². The van der Waals surface area contributed by atoms with Crippen LogP contribution in [0.3, 0.4) is 0 Å². The van der Waals surface area contributed by atoms with Crippen molar-refractivity contribution in [2.45, 2.75) is 30.5 Å². The fourth-order valence-electron chi connectivity index (χ4n) is 0.533. The molecule has 2 unspecified atom stereocenters. The Kier molecular flexibility index (Phi) is 7.56. The van der Waals surface area contributed by atoms with Gasteiger partial charge >= 0.3 is 0 Å². The molecule has 0 spiro atoms. The maximum Gasteiger partial charge on any atom is 0.0730 e. The standard InChI is InChI=1S/C8H15Cl2O/c1-3-4-5-11-6-8(10)7(2)9/h7-8H,1,3-6H2,2H3. The number of alkyl halides is 2. The highest BCUT2D eigenvalue weighted by molar-refractivity contribution is 6.29. The largest absolute Gasteiger partial charge is 0.380 e. The van der Waals surface area contributed by atoms with Gasteiger partial charge in [0.25, 0.3) is 0 Å². The summed E-state index contributed by atoms with van der Waals surface area (Å²) in [5, 5.41) is -0.113. The Morgan fingerprint density at radius 1 is 1.45 bits per heavy atom. The van der Waals surface area contributed by atoms with Crippen molar-refractivity contribution in [1.82, 2.24) is 0 Å². The van der Waals surface area contributed by atoms with Gasteiger partial charge in [-0.15, -0.1) is 23.2 Å². The van der Waals surface area contributed by atoms with Crippen molar-refractivity contribution >= 4 is 23.2 Å². The highest BCUT2D eigenvalue weighted by Crippen LogP contribution is 2.09. The lowest BCUT2D eigenvalue weighted by atomic mass is 10.3. The number of ether oxygens (including phenoxy) is 1. The maximum absolute atomic E-state index is 5.82. The van der Waals surface area contributed by atoms with E-state index in [0.29, 0.717) is 6.61 Å². The van der Waals surface area contributed by atoms with E-state index >= 15 is 0 Å². The van der Waals surface area contributed by atoms with E-state index in [9.17, 15) is 0 Å². The third kappa shape index (κ3) is 6.92. The van der Waals surface area contributed by atoms with E-state index in [1.165, 1.54) is 0 Å². The third-order valence-electron chi connectivity index (χ3n) is 1.31. The van der Waals surface area contributed by atoms with Crippen LogP contribution in [0.1, 0.15) is 19.8 Å². The van der Waals surface area contributed by atoms with Gasteiger partial charge in [0, 0.05) is 12.0 Å². The molecule has 0 saturated heterocycles. The van der Waals surface area contributed by atoms with Gasteiger partial charge in [0.15, 0.2) is 0 Å². The average Bonchev–Trinajstić information content (AvgIpc) is 1.97. The molecule has 0 amide bonds. The Morgan fingerprint density at radius 2 is 2.09 bits per heavy atom. The van der Waals surface area contributed by atoms with Crippen molar-refractivity contribution in [3.63, 3.8) is 0 Å². The first-order chi connectivity index (χ1) is 5.18. The van der Waals surface area contributed by atoms with E-state index in [4.69, 9.17) is 27.9 Å². The molecule has 0 aliphatic rings. The topological polar surface area (TPSA) is 9.23 Å². The van der Waals surface area contributed by atoms with Crippen LogP contribution in [0.5, 0.6) is 0 Å². The quantitative estimate of drug-likeness (QED) is 0.471. The Hall–Kier alpha value is 0.540. The van der Waals surface area contributed by atoms with Gasteiger partial charge in [0.05, 0.1) is 12.0 Å². The first kappa shape index (κ1) is 11.5. The van der Waals surface area contributed by atoms with Crippen LogP contribution in [0.2, 0.25) is 0 Å². The molecular weight excluding hydrogens is 183 g/mol. The number of halogens is 2. The van der Waals surface area contributed by atoms with E-state index in [0.717, 1.165) is 19.4 Å². The van der Waals surface area contributed by atoms with E-state index < -0.39 is 0 Å². The first-order valence-electron chi connectivity index (χ1n) is 3.83. The van der Waals surface area contributed by atoms with Crippen molar-refractivity contribution in [2.75, 3.05) is 13.2 Å². The Balaban J connectivity index is 3.10. The van der Waals surface area contributed by atoms with Crippen LogP contribution in [-0.4, -0.2) is 24.0 Å². The lowest BCUT2D eigenvalue weighted by Gasteiger charge is -2.11. The van der Waals surface area contributed by atoms with Crippen molar-refractivity contribution < 1.29 is 4.74 Å². The van der Waals surface area contributed by atoms with Gasteiger partial charge in [-0.2, -0.15) is 0 Å². The summed E-state index contributed by atoms with van der Waals surface area (Å²) in [7, 11) is 0. The lowest BCUT2D eigenvalue weighted by Crippen LogP contribution is -2.18. The molecule has 11 heavy (non-hydrogen) atoms. The minimum Gasteiger partial charge on any atom is -0.380 e. The third-order valence-corrected chi connectivity index (χ3v) is 2.25. The molecule has 0 rings (SSSR count). The van der Waals surface area contributed by atoms with Gasteiger partial charge < -0.3 is 4.74 Å². The molecule has 0 bridgehead atoms. The number of hydrogen-bond donors (Lipinski definition) is 0. The summed E-state index contributed by atoms with van der Waals surface area (Å²) in [4.78, 5) is 0. The van der Waals surface area contributed by atoms with Crippen molar-refractivity contribution in [2.24, 2.45) is 0 Å². The zero-order valence-electron chi connectivity index (χ0n) is 6.85. The second kappa shape index (κ2) is 7.20. The molecule has 0 heterocycles. The van der Waals surface area contributed by atoms with Crippen LogP contribution in [0.4, 0.5) is 0 Å². The molecule has 1 nitrogen and oxygen atoms in total. The normalized spacial score (nSPS) is 16.4. The predicted molar refractivity (Wildman–Crippen MR) is 50.4 cm³/mol. The molecule has 0 aromatic carbocycles. The summed E-state index contributed by atoms with van der Waals surface area (Å²) in [5.74, 6) is 0. The Morgan fingerprint density at radius 3 is 2.55 bits per heavy atom. The van der Waals surface area contributed by atoms with Crippen LogP contribution >= 0.6 is 23.2 Å². The molecule has 3 heteroatoms. The first-order valence-corrected chi connectivity index (χ1v) is 4.71. The summed E-state index contributed by atoms with van der Waals surface area (Å²) >= 11 is 11.5. The molecule has 0 aromatic rings. The van der Waals surface area contributed by atoms with Gasteiger partial charge in [0.2, 0.25) is 0 Å². The van der Waals surface area contributed by atoms with Crippen LogP contribution in [0, 0.1) is 6.92 Å². The van der Waals surface area contributed by atoms with E-state index in [-0.39, 0.29) is 10.8 Å². The lowest BCUT2D eigenvalue weighted by molar-refractivity contribution is 0.132. The van der Waals surface area contributed by atoms with E-state index in [2.05, 4.69) is 6.92 Å². The van der Waals surface area contributed by atoms with Gasteiger partial charge in [0.1, 0.15) is 0 Å². The van der Waals surface area contributed by atoms with E-state index in [1.807, 2.05) is 6.92 Å². The molecular formula is C8H15Cl2O. The highest BCUT2D eigenvalue weighted by atomic mass is 35.5.